The van der Waals surface area contributed by atoms with Crippen molar-refractivity contribution in [2.24, 2.45) is 0 Å². The highest BCUT2D eigenvalue weighted by atomic mass is 19.1. The van der Waals surface area contributed by atoms with E-state index in [1.165, 1.54) is 12.1 Å². The number of fused-ring (bicyclic) bond motifs is 1. The summed E-state index contributed by atoms with van der Waals surface area (Å²) in [4.78, 5) is 28.9. The number of rotatable bonds is 3. The lowest BCUT2D eigenvalue weighted by Crippen LogP contribution is -2.49. The minimum Gasteiger partial charge on any atom is -0.362 e. The number of nitrogens with one attached hydrogen (secondary N) is 2. The maximum atomic E-state index is 13.6. The summed E-state index contributed by atoms with van der Waals surface area (Å²) in [5.41, 5.74) is 1.13. The number of H-pyrrole nitrogens is 1. The summed E-state index contributed by atoms with van der Waals surface area (Å²) < 4.78 is 13.6. The van der Waals surface area contributed by atoms with Gasteiger partial charge in [-0.25, -0.2) is 14.4 Å². The molecule has 2 N–H and O–H groups in total. The molecule has 1 fully saturated rings. The number of piperazine rings is 1. The van der Waals surface area contributed by atoms with Crippen LogP contribution in [0.2, 0.25) is 0 Å². The van der Waals surface area contributed by atoms with Gasteiger partial charge in [-0.05, 0) is 39.0 Å². The van der Waals surface area contributed by atoms with Crippen LogP contribution in [0.25, 0.3) is 10.9 Å². The van der Waals surface area contributed by atoms with E-state index in [0.717, 1.165) is 17.2 Å². The average Bonchev–Trinajstić information content (AvgIpc) is 3.10. The Hall–Kier alpha value is -3.16. The number of aromatic amines is 1. The first-order valence-corrected chi connectivity index (χ1v) is 9.72. The van der Waals surface area contributed by atoms with E-state index < -0.39 is 0 Å². The number of carbonyl (C=O) groups is 1. The predicted octanol–water partition coefficient (Wildman–Crippen LogP) is 3.27. The van der Waals surface area contributed by atoms with Crippen molar-refractivity contribution in [1.82, 2.24) is 19.9 Å². The zero-order valence-corrected chi connectivity index (χ0v) is 16.9. The zero-order chi connectivity index (χ0) is 20.6. The molecule has 2 aromatic heterocycles. The van der Waals surface area contributed by atoms with E-state index in [1.807, 2.05) is 0 Å². The molecule has 0 aliphatic carbocycles. The van der Waals surface area contributed by atoms with Crippen LogP contribution in [0.5, 0.6) is 0 Å². The zero-order valence-electron chi connectivity index (χ0n) is 16.9. The molecule has 152 valence electrons. The molecule has 0 unspecified atom stereocenters. The first kappa shape index (κ1) is 19.2. The Labute approximate surface area is 168 Å². The van der Waals surface area contributed by atoms with Crippen molar-refractivity contribution in [3.63, 3.8) is 0 Å². The van der Waals surface area contributed by atoms with E-state index >= 15 is 0 Å². The topological polar surface area (TPSA) is 77.2 Å². The second-order valence-electron chi connectivity index (χ2n) is 8.28. The predicted molar refractivity (Wildman–Crippen MR) is 112 cm³/mol. The van der Waals surface area contributed by atoms with E-state index in [2.05, 4.69) is 45.9 Å². The fraction of sp³-hybridized carbons (Fsp3) is 0.381. The molecule has 4 rings (SSSR count). The third-order valence-corrected chi connectivity index (χ3v) is 4.91. The quantitative estimate of drug-likeness (QED) is 0.711. The molecule has 1 aliphatic heterocycles. The molecule has 0 radical (unpaired) electrons. The number of benzene rings is 1. The van der Waals surface area contributed by atoms with E-state index in [9.17, 15) is 9.18 Å². The minimum atomic E-state index is -0.350. The number of amides is 1. The normalized spacial score (nSPS) is 15.0. The van der Waals surface area contributed by atoms with Crippen LogP contribution in [0, 0.1) is 5.82 Å². The van der Waals surface area contributed by atoms with Crippen molar-refractivity contribution in [2.45, 2.75) is 26.3 Å². The van der Waals surface area contributed by atoms with Gasteiger partial charge in [0.2, 0.25) is 0 Å². The van der Waals surface area contributed by atoms with Gasteiger partial charge in [0.25, 0.3) is 5.91 Å². The third kappa shape index (κ3) is 4.01. The van der Waals surface area contributed by atoms with Gasteiger partial charge in [0.1, 0.15) is 5.82 Å². The Balaban J connectivity index is 1.49. The van der Waals surface area contributed by atoms with Crippen LogP contribution in [0.15, 0.2) is 36.8 Å². The van der Waals surface area contributed by atoms with Crippen LogP contribution in [-0.2, 0) is 0 Å². The van der Waals surface area contributed by atoms with Crippen molar-refractivity contribution in [2.75, 3.05) is 36.4 Å². The number of carbonyl (C=O) groups excluding carboxylic acids is 1. The fourth-order valence-corrected chi connectivity index (χ4v) is 3.57. The van der Waals surface area contributed by atoms with Gasteiger partial charge in [0.15, 0.2) is 11.6 Å². The number of hydrogen-bond acceptors (Lipinski definition) is 5. The number of nitrogens with zero attached hydrogens (tertiary/aromatic N) is 4. The van der Waals surface area contributed by atoms with E-state index in [-0.39, 0.29) is 17.3 Å². The minimum absolute atomic E-state index is 0.0892. The fourth-order valence-electron chi connectivity index (χ4n) is 3.57. The van der Waals surface area contributed by atoms with Crippen molar-refractivity contribution >= 4 is 28.4 Å². The van der Waals surface area contributed by atoms with Gasteiger partial charge in [-0.3, -0.25) is 4.79 Å². The van der Waals surface area contributed by atoms with Gasteiger partial charge in [-0.15, -0.1) is 0 Å². The molecule has 8 heteroatoms. The standard InChI is InChI=1S/C21H25FN6O/c1-21(2,3)26-18-19(24-7-6-23-18)27-8-10-28(11-9-27)20(29)16-13-25-17-5-4-14(22)12-15(16)17/h4-7,12-13,25H,8-11H2,1-3H3,(H,23,26). The number of hydrogen-bond donors (Lipinski definition) is 2. The van der Waals surface area contributed by atoms with Crippen LogP contribution >= 0.6 is 0 Å². The highest BCUT2D eigenvalue weighted by Gasteiger charge is 2.26. The lowest BCUT2D eigenvalue weighted by Gasteiger charge is -2.36. The molecule has 1 aromatic carbocycles. The molecule has 29 heavy (non-hydrogen) atoms. The summed E-state index contributed by atoms with van der Waals surface area (Å²) in [5, 5.41) is 4.01. The van der Waals surface area contributed by atoms with Crippen molar-refractivity contribution in [3.8, 4) is 0 Å². The van der Waals surface area contributed by atoms with Gasteiger partial charge in [0, 0.05) is 61.2 Å². The smallest absolute Gasteiger partial charge is 0.256 e. The molecule has 0 bridgehead atoms. The first-order valence-electron chi connectivity index (χ1n) is 9.72. The largest absolute Gasteiger partial charge is 0.362 e. The lowest BCUT2D eigenvalue weighted by atomic mass is 10.1. The third-order valence-electron chi connectivity index (χ3n) is 4.91. The Morgan fingerprint density at radius 3 is 2.59 bits per heavy atom. The van der Waals surface area contributed by atoms with Gasteiger partial charge < -0.3 is 20.1 Å². The van der Waals surface area contributed by atoms with Gasteiger partial charge >= 0.3 is 0 Å². The van der Waals surface area contributed by atoms with Gasteiger partial charge in [-0.1, -0.05) is 0 Å². The van der Waals surface area contributed by atoms with Crippen molar-refractivity contribution < 1.29 is 9.18 Å². The van der Waals surface area contributed by atoms with E-state index in [1.54, 1.807) is 29.6 Å². The summed E-state index contributed by atoms with van der Waals surface area (Å²) in [6, 6.07) is 4.44. The average molecular weight is 396 g/mol. The molecular formula is C21H25FN6O. The van der Waals surface area contributed by atoms with Crippen LogP contribution in [-0.4, -0.2) is 57.5 Å². The Bertz CT molecular complexity index is 1030. The molecule has 0 saturated carbocycles. The van der Waals surface area contributed by atoms with Crippen molar-refractivity contribution in [1.29, 1.82) is 0 Å². The summed E-state index contributed by atoms with van der Waals surface area (Å²) in [5.74, 6) is 1.10. The number of halogens is 1. The summed E-state index contributed by atoms with van der Waals surface area (Å²) >= 11 is 0. The molecule has 3 heterocycles. The number of aromatic nitrogens is 3. The van der Waals surface area contributed by atoms with Gasteiger partial charge in [-0.2, -0.15) is 0 Å². The van der Waals surface area contributed by atoms with Crippen LogP contribution in [0.1, 0.15) is 31.1 Å². The highest BCUT2D eigenvalue weighted by molar-refractivity contribution is 6.06. The second-order valence-corrected chi connectivity index (χ2v) is 8.28. The van der Waals surface area contributed by atoms with Crippen LogP contribution < -0.4 is 10.2 Å². The molecule has 0 atom stereocenters. The Kier molecular flexibility index (Phi) is 4.86. The molecule has 7 nitrogen and oxygen atoms in total. The number of anilines is 2. The van der Waals surface area contributed by atoms with Gasteiger partial charge in [0.05, 0.1) is 5.56 Å². The molecule has 0 spiro atoms. The van der Waals surface area contributed by atoms with Crippen molar-refractivity contribution in [3.05, 3.63) is 48.2 Å². The maximum absolute atomic E-state index is 13.6. The molecule has 3 aromatic rings. The van der Waals surface area contributed by atoms with Crippen LogP contribution in [0.4, 0.5) is 16.0 Å². The SMILES string of the molecule is CC(C)(C)Nc1nccnc1N1CCN(C(=O)c2c[nH]c3ccc(F)cc23)CC1. The summed E-state index contributed by atoms with van der Waals surface area (Å²) in [6.07, 6.45) is 5.02. The Morgan fingerprint density at radius 2 is 1.86 bits per heavy atom. The van der Waals surface area contributed by atoms with Crippen LogP contribution in [0.3, 0.4) is 0 Å². The maximum Gasteiger partial charge on any atom is 0.256 e. The summed E-state index contributed by atoms with van der Waals surface area (Å²) in [7, 11) is 0. The first-order chi connectivity index (χ1) is 13.8. The molecular weight excluding hydrogens is 371 g/mol. The second kappa shape index (κ2) is 7.35. The molecule has 1 amide bonds. The summed E-state index contributed by atoms with van der Waals surface area (Å²) in [6.45, 7) is 8.66. The lowest BCUT2D eigenvalue weighted by molar-refractivity contribution is 0.0748. The van der Waals surface area contributed by atoms with E-state index in [4.69, 9.17) is 0 Å². The monoisotopic (exact) mass is 396 g/mol. The highest BCUT2D eigenvalue weighted by Crippen LogP contribution is 2.26. The van der Waals surface area contributed by atoms with E-state index in [0.29, 0.717) is 37.1 Å². The molecule has 1 saturated heterocycles. The Morgan fingerprint density at radius 1 is 1.14 bits per heavy atom. The molecule has 1 aliphatic rings.